The fraction of sp³-hybridized carbons (Fsp3) is 0.720. The number of carbonyl (C=O) groups is 1. The lowest BCUT2D eigenvalue weighted by atomic mass is 9.94. The van der Waals surface area contributed by atoms with Crippen LogP contribution in [0.15, 0.2) is 24.3 Å². The highest BCUT2D eigenvalue weighted by Gasteiger charge is 2.62. The third-order valence-corrected chi connectivity index (χ3v) is 7.92. The molecular formula is C25H31NO9. The van der Waals surface area contributed by atoms with Gasteiger partial charge in [-0.05, 0) is 37.8 Å². The Morgan fingerprint density at radius 3 is 2.20 bits per heavy atom. The summed E-state index contributed by atoms with van der Waals surface area (Å²) in [6.07, 6.45) is 6.68. The Morgan fingerprint density at radius 2 is 1.54 bits per heavy atom. The van der Waals surface area contributed by atoms with Gasteiger partial charge in [-0.3, -0.25) is 10.1 Å². The highest BCUT2D eigenvalue weighted by molar-refractivity contribution is 5.89. The Hall–Kier alpha value is -2.11. The Bertz CT molecular complexity index is 954. The molecule has 2 saturated carbocycles. The molecule has 2 aliphatic carbocycles. The first-order valence-corrected chi connectivity index (χ1v) is 12.7. The van der Waals surface area contributed by atoms with E-state index in [-0.39, 0.29) is 11.3 Å². The zero-order valence-corrected chi connectivity index (χ0v) is 19.6. The van der Waals surface area contributed by atoms with Crippen molar-refractivity contribution in [3.05, 3.63) is 39.9 Å². The SMILES string of the molecule is O=C(O[C@H]1[C@@H]2OC3(CCCCC3)O[C@H]2O[C@H]1[C@@H]1COC2(CCCCC2)O1)c1ccc([N+](=O)[O-])cc1. The number of non-ortho nitro benzene ring substituents is 1. The quantitative estimate of drug-likeness (QED) is 0.351. The number of esters is 1. The Kier molecular flexibility index (Phi) is 6.04. The number of nitro groups is 1. The van der Waals surface area contributed by atoms with E-state index in [0.717, 1.165) is 57.8 Å². The van der Waals surface area contributed by atoms with Crippen LogP contribution >= 0.6 is 0 Å². The van der Waals surface area contributed by atoms with E-state index >= 15 is 0 Å². The zero-order valence-electron chi connectivity index (χ0n) is 19.6. The first kappa shape index (κ1) is 23.3. The van der Waals surface area contributed by atoms with Crippen molar-refractivity contribution in [2.24, 2.45) is 0 Å². The number of hydrogen-bond donors (Lipinski definition) is 0. The molecule has 0 amide bonds. The Balaban J connectivity index is 1.22. The van der Waals surface area contributed by atoms with Crippen molar-refractivity contribution in [1.29, 1.82) is 0 Å². The van der Waals surface area contributed by atoms with E-state index < -0.39 is 53.2 Å². The van der Waals surface area contributed by atoms with Gasteiger partial charge in [-0.15, -0.1) is 0 Å². The van der Waals surface area contributed by atoms with E-state index in [1.807, 2.05) is 0 Å². The predicted octanol–water partition coefficient (Wildman–Crippen LogP) is 4.00. The van der Waals surface area contributed by atoms with Gasteiger partial charge in [0.25, 0.3) is 5.69 Å². The molecule has 190 valence electrons. The van der Waals surface area contributed by atoms with E-state index in [9.17, 15) is 14.9 Å². The van der Waals surface area contributed by atoms with Crippen LogP contribution in [0.5, 0.6) is 0 Å². The summed E-state index contributed by atoms with van der Waals surface area (Å²) in [6, 6.07) is 5.36. The van der Waals surface area contributed by atoms with Gasteiger partial charge in [0.05, 0.1) is 17.1 Å². The largest absolute Gasteiger partial charge is 0.453 e. The highest BCUT2D eigenvalue weighted by Crippen LogP contribution is 2.48. The molecule has 0 bridgehead atoms. The van der Waals surface area contributed by atoms with Gasteiger partial charge < -0.3 is 28.4 Å². The maximum Gasteiger partial charge on any atom is 0.338 e. The van der Waals surface area contributed by atoms with Gasteiger partial charge in [0.1, 0.15) is 12.2 Å². The fourth-order valence-corrected chi connectivity index (χ4v) is 6.12. The average molecular weight is 490 g/mol. The number of carbonyl (C=O) groups excluding carboxylic acids is 1. The molecule has 3 heterocycles. The van der Waals surface area contributed by atoms with E-state index in [1.54, 1.807) is 0 Å². The molecule has 1 aromatic carbocycles. The summed E-state index contributed by atoms with van der Waals surface area (Å²) in [5.41, 5.74) is 0.126. The minimum atomic E-state index is -0.753. The summed E-state index contributed by atoms with van der Waals surface area (Å²) >= 11 is 0. The molecule has 5 atom stereocenters. The number of nitrogens with zero attached hydrogens (tertiary/aromatic N) is 1. The number of ether oxygens (including phenoxy) is 6. The van der Waals surface area contributed by atoms with Crippen LogP contribution in [0.1, 0.15) is 74.6 Å². The maximum atomic E-state index is 13.1. The average Bonchev–Trinajstić information content (AvgIpc) is 3.52. The number of hydrogen-bond acceptors (Lipinski definition) is 9. The topological polar surface area (TPSA) is 116 Å². The van der Waals surface area contributed by atoms with Crippen molar-refractivity contribution in [3.8, 4) is 0 Å². The molecule has 0 N–H and O–H groups in total. The number of benzene rings is 1. The molecule has 10 heteroatoms. The summed E-state index contributed by atoms with van der Waals surface area (Å²) in [6.45, 7) is 0.348. The van der Waals surface area contributed by atoms with Crippen LogP contribution in [0.25, 0.3) is 0 Å². The van der Waals surface area contributed by atoms with Gasteiger partial charge in [0, 0.05) is 37.8 Å². The minimum Gasteiger partial charge on any atom is -0.453 e. The third kappa shape index (κ3) is 4.35. The third-order valence-electron chi connectivity index (χ3n) is 7.92. The van der Waals surface area contributed by atoms with Crippen LogP contribution < -0.4 is 0 Å². The molecule has 3 saturated heterocycles. The van der Waals surface area contributed by atoms with Gasteiger partial charge in [-0.2, -0.15) is 0 Å². The van der Waals surface area contributed by atoms with Crippen LogP contribution in [-0.2, 0) is 28.4 Å². The monoisotopic (exact) mass is 489 g/mol. The second-order valence-electron chi connectivity index (χ2n) is 10.3. The van der Waals surface area contributed by atoms with Crippen molar-refractivity contribution in [2.75, 3.05) is 6.61 Å². The minimum absolute atomic E-state index is 0.0928. The number of rotatable bonds is 4. The van der Waals surface area contributed by atoms with E-state index in [2.05, 4.69) is 0 Å². The molecule has 3 aliphatic heterocycles. The van der Waals surface area contributed by atoms with Gasteiger partial charge in [-0.25, -0.2) is 4.79 Å². The van der Waals surface area contributed by atoms with Crippen molar-refractivity contribution < 1.29 is 38.1 Å². The maximum absolute atomic E-state index is 13.1. The number of nitro benzene ring substituents is 1. The lowest BCUT2D eigenvalue weighted by Gasteiger charge is -2.35. The summed E-state index contributed by atoms with van der Waals surface area (Å²) in [5.74, 6) is -1.89. The van der Waals surface area contributed by atoms with E-state index in [1.165, 1.54) is 30.7 Å². The summed E-state index contributed by atoms with van der Waals surface area (Å²) in [4.78, 5) is 23.5. The second-order valence-corrected chi connectivity index (χ2v) is 10.3. The van der Waals surface area contributed by atoms with Gasteiger partial charge in [0.15, 0.2) is 30.1 Å². The molecule has 1 aromatic rings. The molecule has 0 unspecified atom stereocenters. The van der Waals surface area contributed by atoms with E-state index in [0.29, 0.717) is 6.61 Å². The standard InChI is InChI=1S/C25H31NO9/c27-22(16-7-9-17(10-8-16)26(28)29)31-20-19(18-15-30-24(33-18)11-3-1-4-12-24)32-23-21(20)34-25(35-23)13-5-2-6-14-25/h7-10,18-21,23H,1-6,11-15H2/t18-,19-,20+,21-,23+/m0/s1. The molecule has 2 spiro atoms. The lowest BCUT2D eigenvalue weighted by Crippen LogP contribution is -2.46. The van der Waals surface area contributed by atoms with Crippen LogP contribution in [0, 0.1) is 10.1 Å². The smallest absolute Gasteiger partial charge is 0.338 e. The Labute approximate surface area is 203 Å². The highest BCUT2D eigenvalue weighted by atomic mass is 16.9. The first-order valence-electron chi connectivity index (χ1n) is 12.7. The Morgan fingerprint density at radius 1 is 0.886 bits per heavy atom. The number of fused-ring (bicyclic) bond motifs is 1. The van der Waals surface area contributed by atoms with Gasteiger partial charge in [-0.1, -0.05) is 12.8 Å². The molecule has 5 fully saturated rings. The molecular weight excluding hydrogens is 458 g/mol. The van der Waals surface area contributed by atoms with Crippen LogP contribution in [-0.4, -0.2) is 59.8 Å². The molecule has 10 nitrogen and oxygen atoms in total. The zero-order chi connectivity index (χ0) is 24.0. The molecule has 5 aliphatic rings. The molecule has 35 heavy (non-hydrogen) atoms. The summed E-state index contributed by atoms with van der Waals surface area (Å²) in [5, 5.41) is 11.0. The molecule has 0 radical (unpaired) electrons. The van der Waals surface area contributed by atoms with Crippen LogP contribution in [0.3, 0.4) is 0 Å². The van der Waals surface area contributed by atoms with Gasteiger partial charge >= 0.3 is 5.97 Å². The van der Waals surface area contributed by atoms with Crippen molar-refractivity contribution >= 4 is 11.7 Å². The predicted molar refractivity (Wildman–Crippen MR) is 119 cm³/mol. The van der Waals surface area contributed by atoms with Crippen molar-refractivity contribution in [3.63, 3.8) is 0 Å². The summed E-state index contributed by atoms with van der Waals surface area (Å²) in [7, 11) is 0. The molecule has 0 aromatic heterocycles. The van der Waals surface area contributed by atoms with Gasteiger partial charge in [0.2, 0.25) is 0 Å². The molecule has 6 rings (SSSR count). The fourth-order valence-electron chi connectivity index (χ4n) is 6.12. The normalized spacial score (nSPS) is 35.3. The van der Waals surface area contributed by atoms with Crippen LogP contribution in [0.4, 0.5) is 5.69 Å². The first-order chi connectivity index (χ1) is 17.0. The summed E-state index contributed by atoms with van der Waals surface area (Å²) < 4.78 is 37.5. The lowest BCUT2D eigenvalue weighted by molar-refractivity contribution is -0.384. The van der Waals surface area contributed by atoms with Crippen molar-refractivity contribution in [2.45, 2.75) is 106 Å². The van der Waals surface area contributed by atoms with E-state index in [4.69, 9.17) is 28.4 Å². The van der Waals surface area contributed by atoms with Crippen LogP contribution in [0.2, 0.25) is 0 Å². The van der Waals surface area contributed by atoms with Crippen molar-refractivity contribution in [1.82, 2.24) is 0 Å². The second kappa shape index (κ2) is 9.08.